The maximum atomic E-state index is 11.7. The smallest absolute Gasteiger partial charge is 0.317 e. The normalized spacial score (nSPS) is 14.7. The Morgan fingerprint density at radius 1 is 1.58 bits per heavy atom. The highest BCUT2D eigenvalue weighted by Gasteiger charge is 2.35. The van der Waals surface area contributed by atoms with Gasteiger partial charge in [-0.2, -0.15) is 0 Å². The predicted molar refractivity (Wildman–Crippen MR) is 65.7 cm³/mol. The van der Waals surface area contributed by atoms with Gasteiger partial charge in [0.05, 0.1) is 13.0 Å². The predicted octanol–water partition coefficient (Wildman–Crippen LogP) is 0.316. The molecule has 102 valence electrons. The number of nitrogens with one attached hydrogen (secondary N) is 1. The van der Waals surface area contributed by atoms with Crippen LogP contribution in [0.1, 0.15) is 5.56 Å². The van der Waals surface area contributed by atoms with Crippen LogP contribution in [0, 0.1) is 5.92 Å². The summed E-state index contributed by atoms with van der Waals surface area (Å²) in [6, 6.07) is 3.25. The monoisotopic (exact) mass is 265 g/mol. The van der Waals surface area contributed by atoms with Crippen LogP contribution in [0.3, 0.4) is 0 Å². The lowest BCUT2D eigenvalue weighted by molar-refractivity contribution is -0.146. The number of methoxy groups -OCH3 is 1. The van der Waals surface area contributed by atoms with E-state index in [1.807, 2.05) is 0 Å². The van der Waals surface area contributed by atoms with E-state index in [1.54, 1.807) is 18.3 Å². The van der Waals surface area contributed by atoms with Crippen molar-refractivity contribution in [3.63, 3.8) is 0 Å². The van der Waals surface area contributed by atoms with E-state index < -0.39 is 11.9 Å². The standard InChI is InChI=1S/C12H15N3O4/c1-19-10-4-8(2-3-13-10)5-14-12(18)15-6-9(7-15)11(16)17/h2-4,9H,5-7H2,1H3,(H,14,18)(H,16,17). The zero-order valence-corrected chi connectivity index (χ0v) is 10.5. The van der Waals surface area contributed by atoms with E-state index in [4.69, 9.17) is 9.84 Å². The number of carbonyl (C=O) groups excluding carboxylic acids is 1. The number of amides is 2. The second-order valence-electron chi connectivity index (χ2n) is 4.31. The van der Waals surface area contributed by atoms with Crippen molar-refractivity contribution < 1.29 is 19.4 Å². The second kappa shape index (κ2) is 5.55. The van der Waals surface area contributed by atoms with Gasteiger partial charge in [-0.05, 0) is 11.6 Å². The molecule has 1 aliphatic heterocycles. The Morgan fingerprint density at radius 2 is 2.32 bits per heavy atom. The Labute approximate surface area is 110 Å². The van der Waals surface area contributed by atoms with Gasteiger partial charge in [0.25, 0.3) is 0 Å². The second-order valence-corrected chi connectivity index (χ2v) is 4.31. The number of aromatic nitrogens is 1. The van der Waals surface area contributed by atoms with Crippen molar-refractivity contribution in [2.24, 2.45) is 5.92 Å². The zero-order chi connectivity index (χ0) is 13.8. The van der Waals surface area contributed by atoms with E-state index in [0.717, 1.165) is 5.56 Å². The van der Waals surface area contributed by atoms with Crippen LogP contribution in [-0.4, -0.2) is 47.2 Å². The average molecular weight is 265 g/mol. The summed E-state index contributed by atoms with van der Waals surface area (Å²) in [4.78, 5) is 27.8. The van der Waals surface area contributed by atoms with E-state index in [2.05, 4.69) is 10.3 Å². The molecule has 2 rings (SSSR count). The van der Waals surface area contributed by atoms with Crippen LogP contribution >= 0.6 is 0 Å². The van der Waals surface area contributed by atoms with Crippen molar-refractivity contribution in [2.45, 2.75) is 6.54 Å². The first-order valence-electron chi connectivity index (χ1n) is 5.84. The molecule has 1 fully saturated rings. The van der Waals surface area contributed by atoms with Gasteiger partial charge in [-0.3, -0.25) is 4.79 Å². The summed E-state index contributed by atoms with van der Waals surface area (Å²) in [5.41, 5.74) is 0.871. The molecule has 2 amide bonds. The number of carbonyl (C=O) groups is 2. The summed E-state index contributed by atoms with van der Waals surface area (Å²) < 4.78 is 4.98. The van der Waals surface area contributed by atoms with Gasteiger partial charge in [-0.25, -0.2) is 9.78 Å². The Hall–Kier alpha value is -2.31. The number of rotatable bonds is 4. The number of nitrogens with zero attached hydrogens (tertiary/aromatic N) is 2. The zero-order valence-electron chi connectivity index (χ0n) is 10.5. The maximum Gasteiger partial charge on any atom is 0.317 e. The van der Waals surface area contributed by atoms with E-state index in [1.165, 1.54) is 12.0 Å². The third-order valence-corrected chi connectivity index (χ3v) is 2.97. The molecule has 0 radical (unpaired) electrons. The highest BCUT2D eigenvalue weighted by Crippen LogP contribution is 2.15. The number of hydrogen-bond acceptors (Lipinski definition) is 4. The molecule has 0 atom stereocenters. The number of aliphatic carboxylic acids is 1. The van der Waals surface area contributed by atoms with Gasteiger partial charge in [0.15, 0.2) is 0 Å². The van der Waals surface area contributed by atoms with Gasteiger partial charge < -0.3 is 20.1 Å². The molecular formula is C12H15N3O4. The van der Waals surface area contributed by atoms with Crippen LogP contribution < -0.4 is 10.1 Å². The lowest BCUT2D eigenvalue weighted by Gasteiger charge is -2.36. The highest BCUT2D eigenvalue weighted by atomic mass is 16.5. The fourth-order valence-corrected chi connectivity index (χ4v) is 1.76. The van der Waals surface area contributed by atoms with Crippen LogP contribution in [0.25, 0.3) is 0 Å². The molecular weight excluding hydrogens is 250 g/mol. The first-order chi connectivity index (χ1) is 9.10. The number of ether oxygens (including phenoxy) is 1. The minimum absolute atomic E-state index is 0.256. The first kappa shape index (κ1) is 13.1. The SMILES string of the molecule is COc1cc(CNC(=O)N2CC(C(=O)O)C2)ccn1. The van der Waals surface area contributed by atoms with Gasteiger partial charge in [-0.1, -0.05) is 0 Å². The van der Waals surface area contributed by atoms with Crippen LogP contribution in [0.2, 0.25) is 0 Å². The lowest BCUT2D eigenvalue weighted by atomic mass is 10.0. The molecule has 1 aromatic heterocycles. The van der Waals surface area contributed by atoms with Gasteiger partial charge in [0.1, 0.15) is 0 Å². The third kappa shape index (κ3) is 3.12. The highest BCUT2D eigenvalue weighted by molar-refractivity contribution is 5.79. The molecule has 0 aromatic carbocycles. The summed E-state index contributed by atoms with van der Waals surface area (Å²) in [7, 11) is 1.52. The average Bonchev–Trinajstić information content (AvgIpc) is 2.34. The summed E-state index contributed by atoms with van der Waals surface area (Å²) in [5, 5.41) is 11.4. The molecule has 1 aromatic rings. The third-order valence-electron chi connectivity index (χ3n) is 2.97. The molecule has 0 bridgehead atoms. The van der Waals surface area contributed by atoms with Crippen LogP contribution in [-0.2, 0) is 11.3 Å². The van der Waals surface area contributed by atoms with Crippen molar-refractivity contribution >= 4 is 12.0 Å². The number of urea groups is 1. The molecule has 0 spiro atoms. The van der Waals surface area contributed by atoms with E-state index in [9.17, 15) is 9.59 Å². The number of carboxylic acids is 1. The topological polar surface area (TPSA) is 91.8 Å². The summed E-state index contributed by atoms with van der Waals surface area (Å²) in [5.74, 6) is -0.809. The summed E-state index contributed by atoms with van der Waals surface area (Å²) >= 11 is 0. The molecule has 1 aliphatic rings. The lowest BCUT2D eigenvalue weighted by Crippen LogP contribution is -2.56. The number of hydrogen-bond donors (Lipinski definition) is 2. The van der Waals surface area contributed by atoms with E-state index in [-0.39, 0.29) is 19.1 Å². The number of pyridine rings is 1. The molecule has 2 N–H and O–H groups in total. The van der Waals surface area contributed by atoms with Crippen LogP contribution in [0.15, 0.2) is 18.3 Å². The number of carboxylic acid groups (broad SMARTS) is 1. The Balaban J connectivity index is 1.79. The fourth-order valence-electron chi connectivity index (χ4n) is 1.76. The molecule has 19 heavy (non-hydrogen) atoms. The molecule has 7 nitrogen and oxygen atoms in total. The van der Waals surface area contributed by atoms with Crippen molar-refractivity contribution in [2.75, 3.05) is 20.2 Å². The minimum atomic E-state index is -0.858. The largest absolute Gasteiger partial charge is 0.481 e. The Bertz CT molecular complexity index is 486. The molecule has 0 saturated carbocycles. The van der Waals surface area contributed by atoms with Crippen molar-refractivity contribution in [1.29, 1.82) is 0 Å². The summed E-state index contributed by atoms with van der Waals surface area (Å²) in [6.45, 7) is 0.883. The van der Waals surface area contributed by atoms with Gasteiger partial charge in [-0.15, -0.1) is 0 Å². The van der Waals surface area contributed by atoms with Gasteiger partial charge >= 0.3 is 12.0 Å². The molecule has 0 aliphatic carbocycles. The van der Waals surface area contributed by atoms with Crippen molar-refractivity contribution in [1.82, 2.24) is 15.2 Å². The first-order valence-corrected chi connectivity index (χ1v) is 5.84. The Kier molecular flexibility index (Phi) is 3.84. The van der Waals surface area contributed by atoms with Gasteiger partial charge in [0.2, 0.25) is 5.88 Å². The molecule has 1 saturated heterocycles. The van der Waals surface area contributed by atoms with E-state index in [0.29, 0.717) is 12.4 Å². The minimum Gasteiger partial charge on any atom is -0.481 e. The fraction of sp³-hybridized carbons (Fsp3) is 0.417. The Morgan fingerprint density at radius 3 is 2.95 bits per heavy atom. The van der Waals surface area contributed by atoms with Crippen LogP contribution in [0.4, 0.5) is 4.79 Å². The van der Waals surface area contributed by atoms with Crippen molar-refractivity contribution in [3.8, 4) is 5.88 Å². The van der Waals surface area contributed by atoms with Crippen molar-refractivity contribution in [3.05, 3.63) is 23.9 Å². The molecule has 0 unspecified atom stereocenters. The number of likely N-dealkylation sites (tertiary alicyclic amines) is 1. The van der Waals surface area contributed by atoms with Gasteiger partial charge in [0, 0.05) is 31.9 Å². The van der Waals surface area contributed by atoms with E-state index >= 15 is 0 Å². The summed E-state index contributed by atoms with van der Waals surface area (Å²) in [6.07, 6.45) is 1.60. The quantitative estimate of drug-likeness (QED) is 0.817. The molecule has 2 heterocycles. The van der Waals surface area contributed by atoms with Crippen LogP contribution in [0.5, 0.6) is 5.88 Å². The maximum absolute atomic E-state index is 11.7. The molecule has 7 heteroatoms.